The van der Waals surface area contributed by atoms with E-state index in [1.807, 2.05) is 55.5 Å². The third-order valence-electron chi connectivity index (χ3n) is 3.18. The molecule has 2 aromatic carbocycles. The van der Waals surface area contributed by atoms with Gasteiger partial charge in [0, 0.05) is 0 Å². The van der Waals surface area contributed by atoms with E-state index in [9.17, 15) is 4.79 Å². The number of carbonyl (C=O) groups excluding carboxylic acids is 1. The van der Waals surface area contributed by atoms with Gasteiger partial charge < -0.3 is 5.73 Å². The molecule has 0 bridgehead atoms. The highest BCUT2D eigenvalue weighted by Crippen LogP contribution is 2.28. The van der Waals surface area contributed by atoms with E-state index in [-0.39, 0.29) is 0 Å². The summed E-state index contributed by atoms with van der Waals surface area (Å²) in [5, 5.41) is 0.657. The fourth-order valence-corrected chi connectivity index (χ4v) is 3.04. The van der Waals surface area contributed by atoms with E-state index in [1.54, 1.807) is 6.08 Å². The van der Waals surface area contributed by atoms with Crippen LogP contribution in [0.25, 0.3) is 21.9 Å². The Morgan fingerprint density at radius 1 is 1.14 bits per heavy atom. The normalized spacial score (nSPS) is 11.8. The first-order chi connectivity index (χ1) is 10.1. The number of nitrogens with two attached hydrogens (primary N) is 1. The number of aromatic nitrogens is 1. The van der Waals surface area contributed by atoms with Gasteiger partial charge in [-0.3, -0.25) is 4.79 Å². The first kappa shape index (κ1) is 13.5. The predicted molar refractivity (Wildman–Crippen MR) is 87.9 cm³/mol. The number of para-hydroxylation sites is 1. The Hall–Kier alpha value is -2.46. The minimum atomic E-state index is -0.463. The molecule has 2 N–H and O–H groups in total. The SMILES string of the molecule is Cc1ccc(/C=C(/C(N)=O)c2nc3ccccc3s2)cc1. The third kappa shape index (κ3) is 2.85. The van der Waals surface area contributed by atoms with Crippen molar-refractivity contribution in [2.24, 2.45) is 5.73 Å². The van der Waals surface area contributed by atoms with Crippen molar-refractivity contribution in [1.29, 1.82) is 0 Å². The number of hydrogen-bond acceptors (Lipinski definition) is 3. The van der Waals surface area contributed by atoms with Crippen LogP contribution in [0.15, 0.2) is 48.5 Å². The van der Waals surface area contributed by atoms with Gasteiger partial charge in [-0.1, -0.05) is 42.0 Å². The number of amides is 1. The van der Waals surface area contributed by atoms with E-state index in [0.717, 1.165) is 15.8 Å². The van der Waals surface area contributed by atoms with E-state index in [1.165, 1.54) is 16.9 Å². The molecule has 0 saturated heterocycles. The molecule has 0 unspecified atom stereocenters. The molecule has 3 nitrogen and oxygen atoms in total. The quantitative estimate of drug-likeness (QED) is 0.750. The number of nitrogens with zero attached hydrogens (tertiary/aromatic N) is 1. The maximum Gasteiger partial charge on any atom is 0.251 e. The second-order valence-electron chi connectivity index (χ2n) is 4.82. The summed E-state index contributed by atoms with van der Waals surface area (Å²) in [7, 11) is 0. The average molecular weight is 294 g/mol. The van der Waals surface area contributed by atoms with Crippen LogP contribution in [0.2, 0.25) is 0 Å². The number of benzene rings is 2. The lowest BCUT2D eigenvalue weighted by Gasteiger charge is -2.00. The molecule has 0 radical (unpaired) electrons. The molecule has 0 saturated carbocycles. The topological polar surface area (TPSA) is 56.0 Å². The van der Waals surface area contributed by atoms with Crippen molar-refractivity contribution in [2.75, 3.05) is 0 Å². The summed E-state index contributed by atoms with van der Waals surface area (Å²) in [6.07, 6.45) is 1.79. The Morgan fingerprint density at radius 2 is 1.86 bits per heavy atom. The van der Waals surface area contributed by atoms with E-state index in [0.29, 0.717) is 10.6 Å². The fourth-order valence-electron chi connectivity index (χ4n) is 2.06. The van der Waals surface area contributed by atoms with Gasteiger partial charge >= 0.3 is 0 Å². The molecule has 21 heavy (non-hydrogen) atoms. The highest BCUT2D eigenvalue weighted by Gasteiger charge is 2.13. The van der Waals surface area contributed by atoms with Crippen molar-refractivity contribution in [3.8, 4) is 0 Å². The Balaban J connectivity index is 2.09. The second kappa shape index (κ2) is 5.50. The summed E-state index contributed by atoms with van der Waals surface area (Å²) in [6.45, 7) is 2.02. The van der Waals surface area contributed by atoms with Gasteiger partial charge in [-0.2, -0.15) is 0 Å². The largest absolute Gasteiger partial charge is 0.366 e. The highest BCUT2D eigenvalue weighted by atomic mass is 32.1. The smallest absolute Gasteiger partial charge is 0.251 e. The molecule has 3 aromatic rings. The summed E-state index contributed by atoms with van der Waals surface area (Å²) in [4.78, 5) is 16.3. The number of hydrogen-bond donors (Lipinski definition) is 1. The Kier molecular flexibility index (Phi) is 3.54. The summed E-state index contributed by atoms with van der Waals surface area (Å²) in [6, 6.07) is 15.7. The highest BCUT2D eigenvalue weighted by molar-refractivity contribution is 7.19. The molecule has 0 aliphatic carbocycles. The molecule has 3 rings (SSSR count). The fraction of sp³-hybridized carbons (Fsp3) is 0.0588. The van der Waals surface area contributed by atoms with Crippen molar-refractivity contribution in [3.05, 3.63) is 64.7 Å². The zero-order chi connectivity index (χ0) is 14.8. The number of fused-ring (bicyclic) bond motifs is 1. The van der Waals surface area contributed by atoms with Crippen LogP contribution < -0.4 is 5.73 Å². The van der Waals surface area contributed by atoms with Gasteiger partial charge in [0.2, 0.25) is 0 Å². The van der Waals surface area contributed by atoms with Crippen molar-refractivity contribution in [3.63, 3.8) is 0 Å². The Bertz CT molecular complexity index is 798. The third-order valence-corrected chi connectivity index (χ3v) is 4.25. The van der Waals surface area contributed by atoms with Crippen molar-refractivity contribution < 1.29 is 4.79 Å². The van der Waals surface area contributed by atoms with E-state index in [4.69, 9.17) is 5.73 Å². The molecular weight excluding hydrogens is 280 g/mol. The maximum absolute atomic E-state index is 11.8. The van der Waals surface area contributed by atoms with E-state index < -0.39 is 5.91 Å². The van der Waals surface area contributed by atoms with Crippen LogP contribution in [0.5, 0.6) is 0 Å². The molecule has 104 valence electrons. The molecule has 0 spiro atoms. The summed E-state index contributed by atoms with van der Waals surface area (Å²) in [5.41, 5.74) is 8.97. The molecule has 4 heteroatoms. The van der Waals surface area contributed by atoms with Crippen molar-refractivity contribution in [1.82, 2.24) is 4.98 Å². The molecular formula is C17H14N2OS. The predicted octanol–water partition coefficient (Wildman–Crippen LogP) is 3.63. The molecule has 1 heterocycles. The van der Waals surface area contributed by atoms with Crippen molar-refractivity contribution in [2.45, 2.75) is 6.92 Å². The van der Waals surface area contributed by atoms with Crippen LogP contribution in [0.1, 0.15) is 16.1 Å². The zero-order valence-corrected chi connectivity index (χ0v) is 12.4. The van der Waals surface area contributed by atoms with Crippen LogP contribution in [0.3, 0.4) is 0 Å². The number of aryl methyl sites for hydroxylation is 1. The van der Waals surface area contributed by atoms with Gasteiger partial charge in [0.1, 0.15) is 5.01 Å². The molecule has 0 aliphatic rings. The van der Waals surface area contributed by atoms with Crippen LogP contribution >= 0.6 is 11.3 Å². The summed E-state index contributed by atoms with van der Waals surface area (Å²) < 4.78 is 1.04. The number of rotatable bonds is 3. The minimum Gasteiger partial charge on any atom is -0.366 e. The standard InChI is InChI=1S/C17H14N2OS/c1-11-6-8-12(9-7-11)10-13(16(18)20)17-19-14-4-2-3-5-15(14)21-17/h2-10H,1H3,(H2,18,20)/b13-10-. The average Bonchev–Trinajstić information content (AvgIpc) is 2.89. The van der Waals surface area contributed by atoms with Gasteiger partial charge in [0.15, 0.2) is 0 Å². The second-order valence-corrected chi connectivity index (χ2v) is 5.85. The number of carbonyl (C=O) groups is 1. The van der Waals surface area contributed by atoms with Gasteiger partial charge in [-0.25, -0.2) is 4.98 Å². The number of primary amides is 1. The monoisotopic (exact) mass is 294 g/mol. The lowest BCUT2D eigenvalue weighted by atomic mass is 10.1. The minimum absolute atomic E-state index is 0.444. The van der Waals surface area contributed by atoms with Crippen LogP contribution in [-0.4, -0.2) is 10.9 Å². The lowest BCUT2D eigenvalue weighted by molar-refractivity contribution is -0.112. The molecule has 0 fully saturated rings. The van der Waals surface area contributed by atoms with Gasteiger partial charge in [-0.15, -0.1) is 11.3 Å². The van der Waals surface area contributed by atoms with Crippen LogP contribution in [0, 0.1) is 6.92 Å². The van der Waals surface area contributed by atoms with Crippen molar-refractivity contribution >= 4 is 39.1 Å². The molecule has 0 aliphatic heterocycles. The maximum atomic E-state index is 11.8. The van der Waals surface area contributed by atoms with Crippen LogP contribution in [-0.2, 0) is 4.79 Å². The Morgan fingerprint density at radius 3 is 2.52 bits per heavy atom. The summed E-state index contributed by atoms with van der Waals surface area (Å²) in [5.74, 6) is -0.463. The summed E-state index contributed by atoms with van der Waals surface area (Å²) >= 11 is 1.48. The first-order valence-electron chi connectivity index (χ1n) is 6.57. The zero-order valence-electron chi connectivity index (χ0n) is 11.5. The van der Waals surface area contributed by atoms with E-state index in [2.05, 4.69) is 4.98 Å². The van der Waals surface area contributed by atoms with E-state index >= 15 is 0 Å². The molecule has 1 amide bonds. The van der Waals surface area contributed by atoms with Gasteiger partial charge in [0.25, 0.3) is 5.91 Å². The van der Waals surface area contributed by atoms with Crippen LogP contribution in [0.4, 0.5) is 0 Å². The molecule has 1 aromatic heterocycles. The number of thiazole rings is 1. The van der Waals surface area contributed by atoms with Gasteiger partial charge in [-0.05, 0) is 30.7 Å². The molecule has 0 atom stereocenters. The first-order valence-corrected chi connectivity index (χ1v) is 7.39. The lowest BCUT2D eigenvalue weighted by Crippen LogP contribution is -2.12. The van der Waals surface area contributed by atoms with Gasteiger partial charge in [0.05, 0.1) is 15.8 Å². The Labute approximate surface area is 126 Å².